The first kappa shape index (κ1) is 12.8. The molecule has 20 heavy (non-hydrogen) atoms. The zero-order valence-electron chi connectivity index (χ0n) is 11.2. The summed E-state index contributed by atoms with van der Waals surface area (Å²) >= 11 is 0. The molecule has 1 aromatic carbocycles. The Morgan fingerprint density at radius 1 is 1.35 bits per heavy atom. The molecule has 0 aliphatic carbocycles. The van der Waals surface area contributed by atoms with Gasteiger partial charge in [0.15, 0.2) is 0 Å². The summed E-state index contributed by atoms with van der Waals surface area (Å²) in [4.78, 5) is 15.5. The van der Waals surface area contributed by atoms with Crippen molar-refractivity contribution in [3.05, 3.63) is 30.1 Å². The third kappa shape index (κ3) is 2.42. The number of hydrogen-bond acceptors (Lipinski definition) is 4. The summed E-state index contributed by atoms with van der Waals surface area (Å²) in [5.41, 5.74) is 12.0. The molecule has 0 unspecified atom stereocenters. The maximum atomic E-state index is 11.1. The van der Waals surface area contributed by atoms with Gasteiger partial charge in [0.2, 0.25) is 5.91 Å². The SMILES string of the molecule is NCCCn1cnc2cc(C3=NNC(=O)CC3)ccc21. The van der Waals surface area contributed by atoms with Crippen molar-refractivity contribution in [3.8, 4) is 0 Å². The van der Waals surface area contributed by atoms with Gasteiger partial charge in [0, 0.05) is 24.9 Å². The van der Waals surface area contributed by atoms with Gasteiger partial charge < -0.3 is 10.3 Å². The van der Waals surface area contributed by atoms with Gasteiger partial charge in [0.25, 0.3) is 0 Å². The maximum absolute atomic E-state index is 11.1. The molecule has 0 radical (unpaired) electrons. The van der Waals surface area contributed by atoms with E-state index in [0.717, 1.165) is 35.3 Å². The van der Waals surface area contributed by atoms with Crippen LogP contribution in [-0.2, 0) is 11.3 Å². The van der Waals surface area contributed by atoms with Crippen LogP contribution in [-0.4, -0.2) is 27.7 Å². The van der Waals surface area contributed by atoms with Crippen LogP contribution in [0.3, 0.4) is 0 Å². The van der Waals surface area contributed by atoms with Crippen LogP contribution in [0.15, 0.2) is 29.6 Å². The predicted molar refractivity (Wildman–Crippen MR) is 77.3 cm³/mol. The van der Waals surface area contributed by atoms with E-state index in [1.807, 2.05) is 24.5 Å². The van der Waals surface area contributed by atoms with Crippen LogP contribution in [0, 0.1) is 0 Å². The molecular weight excluding hydrogens is 254 g/mol. The number of amides is 1. The Hall–Kier alpha value is -2.21. The van der Waals surface area contributed by atoms with E-state index in [1.165, 1.54) is 0 Å². The first-order valence-corrected chi connectivity index (χ1v) is 6.78. The molecule has 6 nitrogen and oxygen atoms in total. The summed E-state index contributed by atoms with van der Waals surface area (Å²) in [6.45, 7) is 1.55. The van der Waals surface area contributed by atoms with Crippen molar-refractivity contribution in [1.29, 1.82) is 0 Å². The van der Waals surface area contributed by atoms with Gasteiger partial charge in [0.05, 0.1) is 23.1 Å². The smallest absolute Gasteiger partial charge is 0.240 e. The van der Waals surface area contributed by atoms with Crippen LogP contribution < -0.4 is 11.2 Å². The van der Waals surface area contributed by atoms with Crippen molar-refractivity contribution in [2.24, 2.45) is 10.8 Å². The van der Waals surface area contributed by atoms with E-state index >= 15 is 0 Å². The third-order valence-electron chi connectivity index (χ3n) is 3.46. The number of hydrazone groups is 1. The average molecular weight is 271 g/mol. The number of nitrogens with one attached hydrogen (secondary N) is 1. The minimum Gasteiger partial charge on any atom is -0.331 e. The van der Waals surface area contributed by atoms with Gasteiger partial charge in [-0.2, -0.15) is 5.10 Å². The van der Waals surface area contributed by atoms with Crippen molar-refractivity contribution in [1.82, 2.24) is 15.0 Å². The van der Waals surface area contributed by atoms with Gasteiger partial charge in [-0.15, -0.1) is 0 Å². The van der Waals surface area contributed by atoms with E-state index in [0.29, 0.717) is 19.4 Å². The van der Waals surface area contributed by atoms with Gasteiger partial charge in [-0.3, -0.25) is 4.79 Å². The number of hydrogen-bond donors (Lipinski definition) is 2. The van der Waals surface area contributed by atoms with E-state index in [-0.39, 0.29) is 5.91 Å². The standard InChI is InChI=1S/C14H17N5O/c15-6-1-7-19-9-16-12-8-10(2-4-13(12)19)11-3-5-14(20)18-17-11/h2,4,8-9H,1,3,5-7,15H2,(H,18,20). The molecule has 6 heteroatoms. The molecule has 1 amide bonds. The van der Waals surface area contributed by atoms with Gasteiger partial charge in [0.1, 0.15) is 0 Å². The van der Waals surface area contributed by atoms with Gasteiger partial charge in [-0.1, -0.05) is 6.07 Å². The zero-order chi connectivity index (χ0) is 13.9. The lowest BCUT2D eigenvalue weighted by Gasteiger charge is -2.12. The monoisotopic (exact) mass is 271 g/mol. The molecular formula is C14H17N5O. The predicted octanol–water partition coefficient (Wildman–Crippen LogP) is 0.999. The van der Waals surface area contributed by atoms with Crippen molar-refractivity contribution >= 4 is 22.7 Å². The lowest BCUT2D eigenvalue weighted by Crippen LogP contribution is -2.25. The molecule has 104 valence electrons. The largest absolute Gasteiger partial charge is 0.331 e. The second-order valence-corrected chi connectivity index (χ2v) is 4.88. The van der Waals surface area contributed by atoms with E-state index in [1.54, 1.807) is 0 Å². The van der Waals surface area contributed by atoms with Crippen LogP contribution in [0.25, 0.3) is 11.0 Å². The van der Waals surface area contributed by atoms with Crippen LogP contribution in [0.4, 0.5) is 0 Å². The molecule has 1 aromatic heterocycles. The number of aromatic nitrogens is 2. The fraction of sp³-hybridized carbons (Fsp3) is 0.357. The highest BCUT2D eigenvalue weighted by Crippen LogP contribution is 2.18. The minimum atomic E-state index is -0.0270. The Balaban J connectivity index is 1.90. The normalized spacial score (nSPS) is 15.2. The molecule has 0 spiro atoms. The topological polar surface area (TPSA) is 85.3 Å². The maximum Gasteiger partial charge on any atom is 0.240 e. The fourth-order valence-electron chi connectivity index (χ4n) is 2.37. The molecule has 0 fully saturated rings. The Morgan fingerprint density at radius 2 is 2.25 bits per heavy atom. The van der Waals surface area contributed by atoms with Crippen molar-refractivity contribution in [2.45, 2.75) is 25.8 Å². The van der Waals surface area contributed by atoms with Crippen molar-refractivity contribution in [3.63, 3.8) is 0 Å². The quantitative estimate of drug-likeness (QED) is 0.870. The summed E-state index contributed by atoms with van der Waals surface area (Å²) in [6.07, 6.45) is 3.94. The number of rotatable bonds is 4. The number of nitrogens with two attached hydrogens (primary N) is 1. The second kappa shape index (κ2) is 5.42. The summed E-state index contributed by atoms with van der Waals surface area (Å²) in [5, 5.41) is 4.11. The highest BCUT2D eigenvalue weighted by molar-refractivity contribution is 6.05. The van der Waals surface area contributed by atoms with E-state index in [9.17, 15) is 4.79 Å². The Morgan fingerprint density at radius 3 is 3.00 bits per heavy atom. The summed E-state index contributed by atoms with van der Waals surface area (Å²) < 4.78 is 2.11. The average Bonchev–Trinajstić information content (AvgIpc) is 2.88. The highest BCUT2D eigenvalue weighted by Gasteiger charge is 2.14. The van der Waals surface area contributed by atoms with Crippen LogP contribution in [0.1, 0.15) is 24.8 Å². The Bertz CT molecular complexity index is 673. The van der Waals surface area contributed by atoms with Crippen molar-refractivity contribution < 1.29 is 4.79 Å². The lowest BCUT2D eigenvalue weighted by atomic mass is 10.0. The van der Waals surface area contributed by atoms with E-state index in [4.69, 9.17) is 5.73 Å². The lowest BCUT2D eigenvalue weighted by molar-refractivity contribution is -0.121. The third-order valence-corrected chi connectivity index (χ3v) is 3.46. The van der Waals surface area contributed by atoms with E-state index in [2.05, 4.69) is 20.1 Å². The second-order valence-electron chi connectivity index (χ2n) is 4.88. The van der Waals surface area contributed by atoms with Gasteiger partial charge in [-0.25, -0.2) is 10.4 Å². The Labute approximate surface area is 116 Å². The molecule has 2 heterocycles. The molecule has 0 atom stereocenters. The number of carbonyl (C=O) groups excluding carboxylic acids is 1. The molecule has 0 saturated carbocycles. The molecule has 3 rings (SSSR count). The van der Waals surface area contributed by atoms with Gasteiger partial charge >= 0.3 is 0 Å². The van der Waals surface area contributed by atoms with Gasteiger partial charge in [-0.05, 0) is 25.1 Å². The highest BCUT2D eigenvalue weighted by atomic mass is 16.2. The first-order chi connectivity index (χ1) is 9.78. The first-order valence-electron chi connectivity index (χ1n) is 6.78. The summed E-state index contributed by atoms with van der Waals surface area (Å²) in [6, 6.07) is 6.09. The fourth-order valence-corrected chi connectivity index (χ4v) is 2.37. The number of imidazole rings is 1. The van der Waals surface area contributed by atoms with Crippen LogP contribution in [0.2, 0.25) is 0 Å². The molecule has 0 saturated heterocycles. The molecule has 3 N–H and O–H groups in total. The number of fused-ring (bicyclic) bond motifs is 1. The Kier molecular flexibility index (Phi) is 3.47. The number of nitrogens with zero attached hydrogens (tertiary/aromatic N) is 3. The van der Waals surface area contributed by atoms with Crippen LogP contribution in [0.5, 0.6) is 0 Å². The summed E-state index contributed by atoms with van der Waals surface area (Å²) in [7, 11) is 0. The molecule has 2 aromatic rings. The number of benzene rings is 1. The molecule has 0 bridgehead atoms. The van der Waals surface area contributed by atoms with Crippen molar-refractivity contribution in [2.75, 3.05) is 6.54 Å². The minimum absolute atomic E-state index is 0.0270. The molecule has 1 aliphatic rings. The number of aryl methyl sites for hydroxylation is 1. The zero-order valence-corrected chi connectivity index (χ0v) is 11.2. The summed E-state index contributed by atoms with van der Waals surface area (Å²) in [5.74, 6) is -0.0270. The number of carbonyl (C=O) groups is 1. The molecule has 1 aliphatic heterocycles. The van der Waals surface area contributed by atoms with Crippen LogP contribution >= 0.6 is 0 Å². The van der Waals surface area contributed by atoms with E-state index < -0.39 is 0 Å².